The van der Waals surface area contributed by atoms with Gasteiger partial charge in [-0.05, 0) is 11.6 Å². The number of hydrogen-bond donors (Lipinski definition) is 0. The number of hydrogen-bond acceptors (Lipinski definition) is 1. The zero-order valence-electron chi connectivity index (χ0n) is 3.74. The smallest absolute Gasteiger partial charge is 0.273 e. The summed E-state index contributed by atoms with van der Waals surface area (Å²) in [6.07, 6.45) is 0. The van der Waals surface area contributed by atoms with Crippen LogP contribution in [-0.2, 0) is 4.79 Å². The van der Waals surface area contributed by atoms with E-state index in [9.17, 15) is 9.18 Å². The standard InChI is InChI=1S/C3H2ClFO/c1-2(5)3(4)6/h1H2/i1D. The first kappa shape index (κ1) is 3.81. The number of carbonyl (C=O) groups is 1. The lowest BCUT2D eigenvalue weighted by Gasteiger charge is -1.72. The molecule has 0 spiro atoms. The molecule has 0 N–H and O–H groups in total. The highest BCUT2D eigenvalue weighted by atomic mass is 35.5. The van der Waals surface area contributed by atoms with Crippen molar-refractivity contribution in [2.75, 3.05) is 0 Å². The van der Waals surface area contributed by atoms with Gasteiger partial charge in [-0.3, -0.25) is 4.79 Å². The molecule has 1 nitrogen and oxygen atoms in total. The van der Waals surface area contributed by atoms with Crippen LogP contribution in [0.5, 0.6) is 0 Å². The molecule has 6 heavy (non-hydrogen) atoms. The van der Waals surface area contributed by atoms with Crippen molar-refractivity contribution in [3.05, 3.63) is 12.4 Å². The summed E-state index contributed by atoms with van der Waals surface area (Å²) >= 11 is 4.53. The van der Waals surface area contributed by atoms with E-state index in [1.54, 1.807) is 0 Å². The van der Waals surface area contributed by atoms with Crippen LogP contribution in [0.4, 0.5) is 4.39 Å². The molecular formula is C3H2ClFO. The van der Waals surface area contributed by atoms with Crippen LogP contribution >= 0.6 is 11.6 Å². The number of carbonyl (C=O) groups excluding carboxylic acids is 1. The van der Waals surface area contributed by atoms with Crippen molar-refractivity contribution in [2.45, 2.75) is 0 Å². The Morgan fingerprint density at radius 2 is 2.67 bits per heavy atom. The van der Waals surface area contributed by atoms with Gasteiger partial charge in [0.25, 0.3) is 5.24 Å². The molecule has 0 aromatic carbocycles. The van der Waals surface area contributed by atoms with Crippen molar-refractivity contribution in [1.29, 1.82) is 0 Å². The van der Waals surface area contributed by atoms with E-state index in [1.165, 1.54) is 0 Å². The summed E-state index contributed by atoms with van der Waals surface area (Å²) in [5.74, 6) is -1.23. The third kappa shape index (κ3) is 1.91. The minimum atomic E-state index is -1.23. The predicted molar refractivity (Wildman–Crippen MR) is 21.1 cm³/mol. The molecule has 0 amide bonds. The van der Waals surface area contributed by atoms with Crippen LogP contribution in [0.3, 0.4) is 0 Å². The van der Waals surface area contributed by atoms with Gasteiger partial charge in [0, 0.05) is 0 Å². The SMILES string of the molecule is [2H]C=C(F)C(=O)Cl. The molecule has 0 rings (SSSR count). The zero-order valence-corrected chi connectivity index (χ0v) is 3.50. The fourth-order valence-electron chi connectivity index (χ4n) is 0. The highest BCUT2D eigenvalue weighted by molar-refractivity contribution is 6.67. The van der Waals surface area contributed by atoms with Crippen molar-refractivity contribution >= 4 is 16.8 Å². The predicted octanol–water partition coefficient (Wildman–Crippen LogP) is 1.24. The molecular weight excluding hydrogens is 106 g/mol. The van der Waals surface area contributed by atoms with E-state index in [1.807, 2.05) is 0 Å². The maximum absolute atomic E-state index is 11.4. The van der Waals surface area contributed by atoms with E-state index < -0.39 is 11.1 Å². The Bertz CT molecular complexity index is 112. The van der Waals surface area contributed by atoms with Crippen molar-refractivity contribution < 1.29 is 10.6 Å². The van der Waals surface area contributed by atoms with E-state index in [0.29, 0.717) is 0 Å². The van der Waals surface area contributed by atoms with E-state index in [0.717, 1.165) is 0 Å². The van der Waals surface area contributed by atoms with Crippen LogP contribution in [-0.4, -0.2) is 5.24 Å². The van der Waals surface area contributed by atoms with E-state index in [4.69, 9.17) is 1.37 Å². The Morgan fingerprint density at radius 3 is 2.67 bits per heavy atom. The second-order valence-corrected chi connectivity index (χ2v) is 0.965. The van der Waals surface area contributed by atoms with Crippen molar-refractivity contribution in [2.24, 2.45) is 0 Å². The van der Waals surface area contributed by atoms with Crippen molar-refractivity contribution in [3.8, 4) is 0 Å². The lowest BCUT2D eigenvalue weighted by molar-refractivity contribution is -0.109. The van der Waals surface area contributed by atoms with Crippen molar-refractivity contribution in [3.63, 3.8) is 0 Å². The van der Waals surface area contributed by atoms with Gasteiger partial charge in [-0.1, -0.05) is 6.55 Å². The summed E-state index contributed by atoms with van der Waals surface area (Å²) in [7, 11) is 0. The minimum Gasteiger partial charge on any atom is -0.273 e. The monoisotopic (exact) mass is 109 g/mol. The largest absolute Gasteiger partial charge is 0.280 e. The zero-order chi connectivity index (χ0) is 5.86. The summed E-state index contributed by atoms with van der Waals surface area (Å²) in [6, 6.07) is 0. The molecule has 0 bridgehead atoms. The first-order valence-electron chi connectivity index (χ1n) is 1.70. The second-order valence-electron chi connectivity index (χ2n) is 0.622. The van der Waals surface area contributed by atoms with Crippen LogP contribution in [0.25, 0.3) is 0 Å². The molecule has 0 aromatic heterocycles. The molecule has 0 heterocycles. The number of halogens is 2. The van der Waals surface area contributed by atoms with Gasteiger partial charge in [0.05, 0.1) is 1.37 Å². The molecule has 0 aromatic rings. The van der Waals surface area contributed by atoms with Crippen molar-refractivity contribution in [1.82, 2.24) is 0 Å². The fourth-order valence-corrected chi connectivity index (χ4v) is 0. The Morgan fingerprint density at radius 1 is 2.17 bits per heavy atom. The van der Waals surface area contributed by atoms with Gasteiger partial charge in [0.15, 0.2) is 5.83 Å². The summed E-state index contributed by atoms with van der Waals surface area (Å²) in [5, 5.41) is -1.23. The maximum atomic E-state index is 11.4. The van der Waals surface area contributed by atoms with Gasteiger partial charge in [0.1, 0.15) is 0 Å². The quantitative estimate of drug-likeness (QED) is 0.366. The molecule has 0 saturated carbocycles. The summed E-state index contributed by atoms with van der Waals surface area (Å²) in [6.45, 7) is 0.259. The second kappa shape index (κ2) is 1.92. The van der Waals surface area contributed by atoms with Gasteiger partial charge in [-0.2, -0.15) is 0 Å². The minimum absolute atomic E-state index is 0.259. The summed E-state index contributed by atoms with van der Waals surface area (Å²) < 4.78 is 17.5. The van der Waals surface area contributed by atoms with E-state index >= 15 is 0 Å². The van der Waals surface area contributed by atoms with Crippen LogP contribution in [0, 0.1) is 0 Å². The van der Waals surface area contributed by atoms with Crippen LogP contribution in [0.2, 0.25) is 0 Å². The summed E-state index contributed by atoms with van der Waals surface area (Å²) in [4.78, 5) is 9.58. The van der Waals surface area contributed by atoms with E-state index in [2.05, 4.69) is 11.6 Å². The first-order valence-corrected chi connectivity index (χ1v) is 1.50. The molecule has 0 radical (unpaired) electrons. The molecule has 0 saturated heterocycles. The van der Waals surface area contributed by atoms with Gasteiger partial charge in [-0.25, -0.2) is 4.39 Å². The van der Waals surface area contributed by atoms with Crippen LogP contribution in [0.15, 0.2) is 12.4 Å². The average molecular weight is 110 g/mol. The molecule has 0 aliphatic rings. The molecule has 0 fully saturated rings. The molecule has 0 atom stereocenters. The normalized spacial score (nSPS) is 13.7. The third-order valence-corrected chi connectivity index (χ3v) is 0.368. The molecule has 34 valence electrons. The third-order valence-electron chi connectivity index (χ3n) is 0.188. The fraction of sp³-hybridized carbons (Fsp3) is 0. The first-order chi connectivity index (χ1) is 3.18. The Balaban J connectivity index is 3.82. The topological polar surface area (TPSA) is 17.1 Å². The lowest BCUT2D eigenvalue weighted by Crippen LogP contribution is -1.79. The van der Waals surface area contributed by atoms with Gasteiger partial charge in [0.2, 0.25) is 0 Å². The van der Waals surface area contributed by atoms with E-state index in [-0.39, 0.29) is 6.55 Å². The number of allylic oxidation sites excluding steroid dienone is 1. The highest BCUT2D eigenvalue weighted by Crippen LogP contribution is 1.94. The molecule has 0 aliphatic carbocycles. The van der Waals surface area contributed by atoms with Crippen LogP contribution < -0.4 is 0 Å². The highest BCUT2D eigenvalue weighted by Gasteiger charge is 1.95. The Labute approximate surface area is 40.8 Å². The maximum Gasteiger partial charge on any atom is 0.280 e. The number of rotatable bonds is 1. The lowest BCUT2D eigenvalue weighted by atomic mass is 10.7. The van der Waals surface area contributed by atoms with Gasteiger partial charge < -0.3 is 0 Å². The molecule has 0 unspecified atom stereocenters. The van der Waals surface area contributed by atoms with Gasteiger partial charge >= 0.3 is 0 Å². The van der Waals surface area contributed by atoms with Gasteiger partial charge in [-0.15, -0.1) is 0 Å². The average Bonchev–Trinajstić information content (AvgIpc) is 1.65. The Hall–Kier alpha value is -0.370. The molecule has 0 aliphatic heterocycles. The Kier molecular flexibility index (Phi) is 1.22. The summed E-state index contributed by atoms with van der Waals surface area (Å²) in [5.41, 5.74) is 0. The van der Waals surface area contributed by atoms with Crippen LogP contribution in [0.1, 0.15) is 1.37 Å². The molecule has 3 heteroatoms.